The van der Waals surface area contributed by atoms with Crippen molar-refractivity contribution in [3.63, 3.8) is 0 Å². The Kier molecular flexibility index (Phi) is 14.0. The lowest BCUT2D eigenvalue weighted by molar-refractivity contribution is -0.148. The lowest BCUT2D eigenvalue weighted by Gasteiger charge is -2.10. The van der Waals surface area contributed by atoms with Crippen LogP contribution in [0.1, 0.15) is 68.8 Å². The second kappa shape index (κ2) is 18.8. The van der Waals surface area contributed by atoms with Gasteiger partial charge in [0.1, 0.15) is 11.5 Å². The number of carbonyl (C=O) groups is 3. The molecule has 250 valence electrons. The smallest absolute Gasteiger partial charge is 0.343 e. The molecule has 0 amide bonds. The third-order valence-corrected chi connectivity index (χ3v) is 7.84. The lowest BCUT2D eigenvalue weighted by Crippen LogP contribution is -2.15. The highest BCUT2D eigenvalue weighted by Crippen LogP contribution is 2.27. The van der Waals surface area contributed by atoms with E-state index in [1.165, 1.54) is 6.08 Å². The summed E-state index contributed by atoms with van der Waals surface area (Å²) in [5, 5.41) is 0. The molecule has 7 nitrogen and oxygen atoms in total. The van der Waals surface area contributed by atoms with Crippen LogP contribution in [0.15, 0.2) is 103 Å². The molecule has 0 radical (unpaired) electrons. The van der Waals surface area contributed by atoms with E-state index in [1.807, 2.05) is 50.2 Å². The van der Waals surface area contributed by atoms with Crippen molar-refractivity contribution in [3.8, 4) is 33.8 Å². The Morgan fingerprint density at radius 1 is 0.625 bits per heavy atom. The molecule has 0 aromatic heterocycles. The summed E-state index contributed by atoms with van der Waals surface area (Å²) in [5.74, 6) is 0.111. The molecule has 0 heterocycles. The molecule has 0 saturated carbocycles. The van der Waals surface area contributed by atoms with Gasteiger partial charge in [0, 0.05) is 6.08 Å². The first-order chi connectivity index (χ1) is 23.4. The molecule has 0 N–H and O–H groups in total. The molecule has 0 aliphatic rings. The number of hydrogen-bond acceptors (Lipinski definition) is 7. The third-order valence-electron chi connectivity index (χ3n) is 7.84. The maximum atomic E-state index is 12.7. The standard InChI is InChI=1S/C41H44O7/c1-4-6-27-46-39(42)26-11-31-9-12-32(13-10-31)33-14-16-34(17-15-33)35-18-24-38(25-19-35)48-41(44)36-20-22-37(23-21-36)45-28-7-8-29-47-40(43)30(3)5-2/h9-26,30H,4-8,27-29H2,1-3H3. The molecular weight excluding hydrogens is 604 g/mol. The lowest BCUT2D eigenvalue weighted by atomic mass is 9.99. The first-order valence-corrected chi connectivity index (χ1v) is 16.6. The van der Waals surface area contributed by atoms with Gasteiger partial charge in [0.25, 0.3) is 0 Å². The van der Waals surface area contributed by atoms with E-state index in [1.54, 1.807) is 42.5 Å². The Morgan fingerprint density at radius 2 is 1.15 bits per heavy atom. The van der Waals surface area contributed by atoms with Gasteiger partial charge in [-0.2, -0.15) is 0 Å². The van der Waals surface area contributed by atoms with Crippen molar-refractivity contribution < 1.29 is 33.3 Å². The Balaban J connectivity index is 1.22. The molecule has 1 unspecified atom stereocenters. The number of unbranched alkanes of at least 4 members (excludes halogenated alkanes) is 2. The summed E-state index contributed by atoms with van der Waals surface area (Å²) < 4.78 is 21.7. The van der Waals surface area contributed by atoms with E-state index in [9.17, 15) is 14.4 Å². The number of benzene rings is 4. The molecule has 7 heteroatoms. The summed E-state index contributed by atoms with van der Waals surface area (Å²) in [7, 11) is 0. The Bertz CT molecular complexity index is 1620. The summed E-state index contributed by atoms with van der Waals surface area (Å²) in [6.07, 6.45) is 7.33. The zero-order valence-electron chi connectivity index (χ0n) is 28.0. The average Bonchev–Trinajstić information content (AvgIpc) is 3.12. The summed E-state index contributed by atoms with van der Waals surface area (Å²) in [5.41, 5.74) is 5.55. The van der Waals surface area contributed by atoms with Crippen molar-refractivity contribution in [2.45, 2.75) is 52.9 Å². The topological polar surface area (TPSA) is 88.1 Å². The number of rotatable bonds is 17. The summed E-state index contributed by atoms with van der Waals surface area (Å²) in [6.45, 7) is 7.21. The van der Waals surface area contributed by atoms with Gasteiger partial charge in [-0.25, -0.2) is 9.59 Å². The fourth-order valence-electron chi connectivity index (χ4n) is 4.62. The van der Waals surface area contributed by atoms with E-state index in [4.69, 9.17) is 18.9 Å². The van der Waals surface area contributed by atoms with Gasteiger partial charge in [0.05, 0.1) is 31.3 Å². The van der Waals surface area contributed by atoms with Crippen LogP contribution in [0.2, 0.25) is 0 Å². The van der Waals surface area contributed by atoms with E-state index >= 15 is 0 Å². The molecule has 4 aromatic rings. The molecule has 1 atom stereocenters. The van der Waals surface area contributed by atoms with Gasteiger partial charge in [0.2, 0.25) is 0 Å². The maximum Gasteiger partial charge on any atom is 0.343 e. The largest absolute Gasteiger partial charge is 0.494 e. The zero-order valence-corrected chi connectivity index (χ0v) is 28.0. The minimum Gasteiger partial charge on any atom is -0.494 e. The van der Waals surface area contributed by atoms with Gasteiger partial charge in [0.15, 0.2) is 0 Å². The highest BCUT2D eigenvalue weighted by molar-refractivity contribution is 5.91. The van der Waals surface area contributed by atoms with Crippen molar-refractivity contribution in [1.29, 1.82) is 0 Å². The predicted octanol–water partition coefficient (Wildman–Crippen LogP) is 9.34. The predicted molar refractivity (Wildman–Crippen MR) is 189 cm³/mol. The fraction of sp³-hybridized carbons (Fsp3) is 0.293. The average molecular weight is 649 g/mol. The molecule has 0 bridgehead atoms. The van der Waals surface area contributed by atoms with Crippen LogP contribution in [0.4, 0.5) is 0 Å². The van der Waals surface area contributed by atoms with Gasteiger partial charge in [-0.3, -0.25) is 4.79 Å². The highest BCUT2D eigenvalue weighted by atomic mass is 16.5. The maximum absolute atomic E-state index is 12.7. The second-order valence-corrected chi connectivity index (χ2v) is 11.5. The number of esters is 3. The van der Waals surface area contributed by atoms with E-state index in [0.29, 0.717) is 36.9 Å². The Morgan fingerprint density at radius 3 is 1.73 bits per heavy atom. The summed E-state index contributed by atoms with van der Waals surface area (Å²) >= 11 is 0. The summed E-state index contributed by atoms with van der Waals surface area (Å²) in [6, 6.07) is 30.5. The number of hydrogen-bond donors (Lipinski definition) is 0. The molecule has 48 heavy (non-hydrogen) atoms. The van der Waals surface area contributed by atoms with Crippen LogP contribution in [-0.2, 0) is 19.1 Å². The van der Waals surface area contributed by atoms with E-state index < -0.39 is 5.97 Å². The minimum atomic E-state index is -0.449. The van der Waals surface area contributed by atoms with Crippen molar-refractivity contribution in [2.24, 2.45) is 5.92 Å². The van der Waals surface area contributed by atoms with Crippen LogP contribution in [0.5, 0.6) is 11.5 Å². The molecule has 4 aromatic carbocycles. The summed E-state index contributed by atoms with van der Waals surface area (Å²) in [4.78, 5) is 36.2. The molecule has 0 aliphatic carbocycles. The van der Waals surface area contributed by atoms with Crippen LogP contribution < -0.4 is 9.47 Å². The van der Waals surface area contributed by atoms with Crippen molar-refractivity contribution in [3.05, 3.63) is 114 Å². The molecule has 4 rings (SSSR count). The Hall–Kier alpha value is -5.17. The SMILES string of the molecule is CCCCOC(=O)C=Cc1ccc(-c2ccc(-c3ccc(OC(=O)c4ccc(OCCCCOC(=O)C(C)CC)cc4)cc3)cc2)cc1. The van der Waals surface area contributed by atoms with E-state index in [2.05, 4.69) is 31.2 Å². The van der Waals surface area contributed by atoms with E-state index in [0.717, 1.165) is 59.9 Å². The molecular formula is C41H44O7. The van der Waals surface area contributed by atoms with Crippen LogP contribution >= 0.6 is 0 Å². The third kappa shape index (κ3) is 11.3. The first-order valence-electron chi connectivity index (χ1n) is 16.6. The van der Waals surface area contributed by atoms with Crippen LogP contribution in [0.3, 0.4) is 0 Å². The zero-order chi connectivity index (χ0) is 34.1. The second-order valence-electron chi connectivity index (χ2n) is 11.5. The van der Waals surface area contributed by atoms with Gasteiger partial charge in [-0.1, -0.05) is 87.9 Å². The number of carbonyl (C=O) groups excluding carboxylic acids is 3. The molecule has 0 saturated heterocycles. The van der Waals surface area contributed by atoms with Crippen molar-refractivity contribution >= 4 is 24.0 Å². The minimum absolute atomic E-state index is 0.0723. The van der Waals surface area contributed by atoms with Crippen molar-refractivity contribution in [1.82, 2.24) is 0 Å². The quantitative estimate of drug-likeness (QED) is 0.0488. The van der Waals surface area contributed by atoms with Gasteiger partial charge in [-0.15, -0.1) is 0 Å². The highest BCUT2D eigenvalue weighted by Gasteiger charge is 2.12. The van der Waals surface area contributed by atoms with Crippen molar-refractivity contribution in [2.75, 3.05) is 19.8 Å². The van der Waals surface area contributed by atoms with E-state index in [-0.39, 0.29) is 17.9 Å². The van der Waals surface area contributed by atoms with Crippen LogP contribution in [-0.4, -0.2) is 37.7 Å². The molecule has 0 fully saturated rings. The van der Waals surface area contributed by atoms with Crippen LogP contribution in [0.25, 0.3) is 28.3 Å². The normalized spacial score (nSPS) is 11.6. The van der Waals surface area contributed by atoms with Gasteiger partial charge in [-0.05, 0) is 96.0 Å². The molecule has 0 spiro atoms. The molecule has 0 aliphatic heterocycles. The van der Waals surface area contributed by atoms with Gasteiger partial charge >= 0.3 is 17.9 Å². The number of ether oxygens (including phenoxy) is 4. The first kappa shape index (κ1) is 35.7. The fourth-order valence-corrected chi connectivity index (χ4v) is 4.62. The van der Waals surface area contributed by atoms with Crippen LogP contribution in [0, 0.1) is 5.92 Å². The Labute approximate surface area is 283 Å². The van der Waals surface area contributed by atoms with Gasteiger partial charge < -0.3 is 18.9 Å². The monoisotopic (exact) mass is 648 g/mol.